The van der Waals surface area contributed by atoms with E-state index in [1.54, 1.807) is 30.3 Å². The number of hydrogen-bond acceptors (Lipinski definition) is 3. The normalized spacial score (nSPS) is 12.7. The highest BCUT2D eigenvalue weighted by Crippen LogP contribution is 2.38. The summed E-state index contributed by atoms with van der Waals surface area (Å²) in [6, 6.07) is 9.63. The third-order valence-electron chi connectivity index (χ3n) is 4.34. The second-order valence-corrected chi connectivity index (χ2v) is 6.95. The van der Waals surface area contributed by atoms with E-state index >= 15 is 0 Å². The Morgan fingerprint density at radius 3 is 2.00 bits per heavy atom. The van der Waals surface area contributed by atoms with E-state index in [0.717, 1.165) is 11.0 Å². The van der Waals surface area contributed by atoms with Gasteiger partial charge in [-0.25, -0.2) is 9.67 Å². The van der Waals surface area contributed by atoms with Crippen LogP contribution in [0.25, 0.3) is 23.2 Å². The van der Waals surface area contributed by atoms with Gasteiger partial charge in [-0.1, -0.05) is 30.3 Å². The zero-order valence-corrected chi connectivity index (χ0v) is 16.7. The van der Waals surface area contributed by atoms with Crippen LogP contribution in [0, 0.1) is 0 Å². The van der Waals surface area contributed by atoms with Gasteiger partial charge < -0.3 is 4.90 Å². The van der Waals surface area contributed by atoms with E-state index in [9.17, 15) is 31.1 Å². The molecule has 0 unspecified atom stereocenters. The molecule has 0 aliphatic rings. The predicted molar refractivity (Wildman–Crippen MR) is 105 cm³/mol. The number of carbonyl (C=O) groups is 1. The zero-order chi connectivity index (χ0) is 23.7. The van der Waals surface area contributed by atoms with Crippen molar-refractivity contribution in [2.24, 2.45) is 0 Å². The first kappa shape index (κ1) is 23.0. The van der Waals surface area contributed by atoms with Gasteiger partial charge in [-0.3, -0.25) is 4.79 Å². The second kappa shape index (κ2) is 8.48. The maximum absolute atomic E-state index is 13.1. The summed E-state index contributed by atoms with van der Waals surface area (Å²) in [5, 5.41) is 3.96. The molecule has 32 heavy (non-hydrogen) atoms. The van der Waals surface area contributed by atoms with Crippen molar-refractivity contribution < 1.29 is 31.1 Å². The molecule has 1 aromatic heterocycles. The van der Waals surface area contributed by atoms with Crippen LogP contribution in [-0.4, -0.2) is 39.7 Å². The van der Waals surface area contributed by atoms with Gasteiger partial charge in [0.2, 0.25) is 0 Å². The van der Waals surface area contributed by atoms with Gasteiger partial charge in [0.05, 0.1) is 16.7 Å². The highest BCUT2D eigenvalue weighted by molar-refractivity contribution is 6.22. The van der Waals surface area contributed by atoms with Gasteiger partial charge in [0, 0.05) is 25.9 Å². The van der Waals surface area contributed by atoms with Crippen LogP contribution >= 0.6 is 0 Å². The number of halogens is 6. The average Bonchev–Trinajstić information content (AvgIpc) is 3.19. The number of aromatic nitrogens is 3. The molecule has 0 aliphatic carbocycles. The summed E-state index contributed by atoms with van der Waals surface area (Å²) in [6.45, 7) is 0. The number of likely N-dealkylation sites (N-methyl/N-ethyl adjacent to an activating group) is 1. The van der Waals surface area contributed by atoms with Crippen LogP contribution in [0.3, 0.4) is 0 Å². The third-order valence-corrected chi connectivity index (χ3v) is 4.34. The van der Waals surface area contributed by atoms with Crippen molar-refractivity contribution >= 4 is 17.7 Å². The van der Waals surface area contributed by atoms with Gasteiger partial charge in [0.25, 0.3) is 5.91 Å². The van der Waals surface area contributed by atoms with Gasteiger partial charge in [-0.2, -0.15) is 26.3 Å². The molecule has 0 atom stereocenters. The highest BCUT2D eigenvalue weighted by atomic mass is 19.4. The average molecular weight is 454 g/mol. The van der Waals surface area contributed by atoms with Gasteiger partial charge in [-0.15, -0.1) is 5.10 Å². The van der Waals surface area contributed by atoms with Crippen LogP contribution in [0.5, 0.6) is 0 Å². The Labute approximate surface area is 178 Å². The van der Waals surface area contributed by atoms with E-state index in [0.29, 0.717) is 17.7 Å². The fourth-order valence-electron chi connectivity index (χ4n) is 2.80. The Bertz CT molecular complexity index is 1110. The molecule has 0 spiro atoms. The first-order chi connectivity index (χ1) is 14.9. The predicted octanol–water partition coefficient (Wildman–Crippen LogP) is 5.07. The summed E-state index contributed by atoms with van der Waals surface area (Å²) < 4.78 is 79.8. The van der Waals surface area contributed by atoms with Crippen molar-refractivity contribution in [3.05, 3.63) is 71.5 Å². The molecule has 0 radical (unpaired) electrons. The van der Waals surface area contributed by atoms with Crippen molar-refractivity contribution in [3.8, 4) is 11.4 Å². The van der Waals surface area contributed by atoms with Crippen LogP contribution in [0.2, 0.25) is 0 Å². The number of alkyl halides is 6. The summed E-state index contributed by atoms with van der Waals surface area (Å²) in [4.78, 5) is 17.7. The maximum atomic E-state index is 13.1. The first-order valence-corrected chi connectivity index (χ1v) is 9.06. The Kier molecular flexibility index (Phi) is 6.11. The first-order valence-electron chi connectivity index (χ1n) is 9.06. The summed E-state index contributed by atoms with van der Waals surface area (Å²) in [7, 11) is 3.07. The number of hydrogen-bond donors (Lipinski definition) is 0. The summed E-state index contributed by atoms with van der Waals surface area (Å²) in [6.07, 6.45) is -7.59. The van der Waals surface area contributed by atoms with Crippen LogP contribution < -0.4 is 0 Å². The second-order valence-electron chi connectivity index (χ2n) is 6.95. The largest absolute Gasteiger partial charge is 0.416 e. The maximum Gasteiger partial charge on any atom is 0.416 e. The van der Waals surface area contributed by atoms with E-state index in [1.165, 1.54) is 25.2 Å². The molecule has 3 aromatic rings. The zero-order valence-electron chi connectivity index (χ0n) is 16.7. The number of amides is 1. The lowest BCUT2D eigenvalue weighted by Gasteiger charge is -2.14. The van der Waals surface area contributed by atoms with Crippen molar-refractivity contribution in [2.75, 3.05) is 14.1 Å². The van der Waals surface area contributed by atoms with Crippen molar-refractivity contribution in [1.29, 1.82) is 0 Å². The molecule has 5 nitrogen and oxygen atoms in total. The monoisotopic (exact) mass is 454 g/mol. The molecule has 0 fully saturated rings. The molecule has 0 saturated heterocycles. The number of nitrogens with zero attached hydrogens (tertiary/aromatic N) is 4. The van der Waals surface area contributed by atoms with Crippen molar-refractivity contribution in [2.45, 2.75) is 12.4 Å². The smallest absolute Gasteiger partial charge is 0.345 e. The molecule has 0 bridgehead atoms. The Morgan fingerprint density at radius 2 is 1.50 bits per heavy atom. The minimum absolute atomic E-state index is 0.0314. The molecule has 168 valence electrons. The molecule has 0 N–H and O–H groups in total. The topological polar surface area (TPSA) is 51.0 Å². The summed E-state index contributed by atoms with van der Waals surface area (Å²) in [5.41, 5.74) is -2.66. The molecule has 2 aromatic carbocycles. The number of rotatable bonds is 4. The fourth-order valence-corrected chi connectivity index (χ4v) is 2.80. The fraction of sp³-hybridized carbons (Fsp3) is 0.190. The van der Waals surface area contributed by atoms with Gasteiger partial charge in [0.15, 0.2) is 5.82 Å². The molecule has 1 amide bonds. The standard InChI is InChI=1S/C21H16F6N4O/c1-30(2)19(32)17(13-6-4-3-5-7-13)11-31-12-28-18(29-31)14-8-15(20(22,23)24)10-16(9-14)21(25,26)27/h3-12H,1-2H3/b17-11+. The van der Waals surface area contributed by atoms with Gasteiger partial charge in [0.1, 0.15) is 6.33 Å². The lowest BCUT2D eigenvalue weighted by molar-refractivity contribution is -0.143. The van der Waals surface area contributed by atoms with E-state index < -0.39 is 29.0 Å². The third kappa shape index (κ3) is 5.16. The van der Waals surface area contributed by atoms with E-state index in [4.69, 9.17) is 0 Å². The summed E-state index contributed by atoms with van der Waals surface area (Å²) in [5.74, 6) is -0.741. The van der Waals surface area contributed by atoms with E-state index in [1.807, 2.05) is 0 Å². The minimum Gasteiger partial charge on any atom is -0.345 e. The van der Waals surface area contributed by atoms with Gasteiger partial charge in [-0.05, 0) is 23.8 Å². The van der Waals surface area contributed by atoms with Crippen LogP contribution in [-0.2, 0) is 17.1 Å². The minimum atomic E-state index is -4.99. The van der Waals surface area contributed by atoms with Crippen molar-refractivity contribution in [1.82, 2.24) is 19.7 Å². The quantitative estimate of drug-likeness (QED) is 0.409. The lowest BCUT2D eigenvalue weighted by atomic mass is 10.0. The Morgan fingerprint density at radius 1 is 0.938 bits per heavy atom. The SMILES string of the molecule is CN(C)C(=O)/C(=C/n1cnc(-c2cc(C(F)(F)F)cc(C(F)(F)F)c2)n1)c1ccccc1. The molecular formula is C21H16F6N4O. The molecule has 0 saturated carbocycles. The molecule has 3 rings (SSSR count). The molecule has 11 heteroatoms. The molecular weight excluding hydrogens is 438 g/mol. The van der Waals surface area contributed by atoms with Gasteiger partial charge >= 0.3 is 12.4 Å². The Balaban J connectivity index is 2.08. The lowest BCUT2D eigenvalue weighted by Crippen LogP contribution is -2.23. The van der Waals surface area contributed by atoms with E-state index in [-0.39, 0.29) is 23.4 Å². The highest BCUT2D eigenvalue weighted by Gasteiger charge is 2.37. The Hall–Kier alpha value is -3.63. The van der Waals surface area contributed by atoms with E-state index in [2.05, 4.69) is 10.1 Å². The summed E-state index contributed by atoms with van der Waals surface area (Å²) >= 11 is 0. The van der Waals surface area contributed by atoms with Crippen LogP contribution in [0.4, 0.5) is 26.3 Å². The van der Waals surface area contributed by atoms with Crippen molar-refractivity contribution in [3.63, 3.8) is 0 Å². The molecule has 0 aliphatic heterocycles. The van der Waals surface area contributed by atoms with Crippen LogP contribution in [0.1, 0.15) is 16.7 Å². The molecule has 1 heterocycles. The van der Waals surface area contributed by atoms with Crippen LogP contribution in [0.15, 0.2) is 54.9 Å². The number of benzene rings is 2. The number of carbonyl (C=O) groups excluding carboxylic acids is 1.